The van der Waals surface area contributed by atoms with Crippen LogP contribution in [0.3, 0.4) is 0 Å². The first-order chi connectivity index (χ1) is 28.3. The van der Waals surface area contributed by atoms with Gasteiger partial charge in [-0.2, -0.15) is 0 Å². The number of nitrogens with zero attached hydrogens (tertiary/aromatic N) is 7. The molecule has 0 saturated heterocycles. The van der Waals surface area contributed by atoms with E-state index >= 15 is 0 Å². The van der Waals surface area contributed by atoms with E-state index in [1.807, 2.05) is 104 Å². The standard InChI is InChI=1S/C49H29N7O/c1-4-11-30(12-5-1)47-52-48(31-13-6-2-7-14-31)54-49(53-47)34-17-10-18-45-46(34)37-25-33(19-20-44(37)57-45)56-41-22-24-51-29-39(41)36-26-42-35(27-43(36)56)38-28-50-23-21-40(38)55(42)32-15-8-3-9-16-32/h1-29H. The number of hydrogen-bond donors (Lipinski definition) is 0. The van der Waals surface area contributed by atoms with Crippen molar-refractivity contribution in [3.05, 3.63) is 176 Å². The van der Waals surface area contributed by atoms with E-state index in [9.17, 15) is 0 Å². The van der Waals surface area contributed by atoms with Crippen molar-refractivity contribution in [1.82, 2.24) is 34.1 Å². The quantitative estimate of drug-likeness (QED) is 0.175. The smallest absolute Gasteiger partial charge is 0.164 e. The lowest BCUT2D eigenvalue weighted by atomic mass is 10.0. The maximum Gasteiger partial charge on any atom is 0.164 e. The van der Waals surface area contributed by atoms with Crippen LogP contribution in [0.25, 0.3) is 111 Å². The highest BCUT2D eigenvalue weighted by Crippen LogP contribution is 2.41. The van der Waals surface area contributed by atoms with E-state index in [2.05, 4.69) is 91.9 Å². The molecule has 0 amide bonds. The molecule has 12 aromatic rings. The van der Waals surface area contributed by atoms with Gasteiger partial charge in [-0.1, -0.05) is 91.0 Å². The molecule has 0 N–H and O–H groups in total. The van der Waals surface area contributed by atoms with Gasteiger partial charge in [0.2, 0.25) is 0 Å². The Balaban J connectivity index is 1.11. The summed E-state index contributed by atoms with van der Waals surface area (Å²) in [4.78, 5) is 24.3. The van der Waals surface area contributed by atoms with E-state index in [-0.39, 0.29) is 0 Å². The lowest BCUT2D eigenvalue weighted by molar-refractivity contribution is 0.669. The highest BCUT2D eigenvalue weighted by Gasteiger charge is 2.21. The van der Waals surface area contributed by atoms with Gasteiger partial charge in [0, 0.05) is 85.2 Å². The summed E-state index contributed by atoms with van der Waals surface area (Å²) in [5, 5.41) is 6.32. The first-order valence-electron chi connectivity index (χ1n) is 18.8. The van der Waals surface area contributed by atoms with Gasteiger partial charge >= 0.3 is 0 Å². The number of rotatable bonds is 5. The van der Waals surface area contributed by atoms with E-state index in [4.69, 9.17) is 19.4 Å². The van der Waals surface area contributed by atoms with Crippen LogP contribution in [0.1, 0.15) is 0 Å². The van der Waals surface area contributed by atoms with Gasteiger partial charge in [0.05, 0.1) is 22.1 Å². The first kappa shape index (κ1) is 31.4. The average molecular weight is 732 g/mol. The Morgan fingerprint density at radius 1 is 0.386 bits per heavy atom. The molecule has 6 aromatic heterocycles. The molecule has 8 nitrogen and oxygen atoms in total. The Morgan fingerprint density at radius 2 is 0.947 bits per heavy atom. The molecule has 266 valence electrons. The summed E-state index contributed by atoms with van der Waals surface area (Å²) in [5.41, 5.74) is 10.7. The molecule has 0 fully saturated rings. The summed E-state index contributed by atoms with van der Waals surface area (Å²) in [6.45, 7) is 0. The van der Waals surface area contributed by atoms with Gasteiger partial charge in [0.25, 0.3) is 0 Å². The summed E-state index contributed by atoms with van der Waals surface area (Å²) in [5.74, 6) is 1.80. The van der Waals surface area contributed by atoms with Gasteiger partial charge in [0.15, 0.2) is 17.5 Å². The predicted octanol–water partition coefficient (Wildman–Crippen LogP) is 11.8. The summed E-state index contributed by atoms with van der Waals surface area (Å²) >= 11 is 0. The minimum atomic E-state index is 0.579. The SMILES string of the molecule is c1ccc(-c2nc(-c3ccccc3)nc(-c3cccc4oc5ccc(-n6c7ccncc7c7cc8c(cc76)c6cnccc6n8-c6ccccc6)cc5c34)n2)cc1. The third-order valence-corrected chi connectivity index (χ3v) is 10.9. The zero-order valence-corrected chi connectivity index (χ0v) is 30.3. The normalized spacial score (nSPS) is 11.9. The van der Waals surface area contributed by atoms with E-state index in [0.717, 1.165) is 93.6 Å². The Hall–Kier alpha value is -7.97. The van der Waals surface area contributed by atoms with Gasteiger partial charge in [-0.05, 0) is 60.7 Å². The van der Waals surface area contributed by atoms with Crippen molar-refractivity contribution in [2.24, 2.45) is 0 Å². The molecule has 6 aromatic carbocycles. The second-order valence-electron chi connectivity index (χ2n) is 14.2. The molecule has 0 atom stereocenters. The largest absolute Gasteiger partial charge is 0.456 e. The summed E-state index contributed by atoms with van der Waals surface area (Å²) in [7, 11) is 0. The van der Waals surface area contributed by atoms with Crippen molar-refractivity contribution < 1.29 is 4.42 Å². The number of pyridine rings is 2. The number of benzene rings is 6. The number of aromatic nitrogens is 7. The van der Waals surface area contributed by atoms with Crippen LogP contribution in [0.2, 0.25) is 0 Å². The van der Waals surface area contributed by atoms with Crippen molar-refractivity contribution >= 4 is 65.6 Å². The zero-order valence-electron chi connectivity index (χ0n) is 30.3. The Kier molecular flexibility index (Phi) is 6.76. The fourth-order valence-electron chi connectivity index (χ4n) is 8.42. The van der Waals surface area contributed by atoms with E-state index in [0.29, 0.717) is 17.5 Å². The molecule has 0 aliphatic carbocycles. The van der Waals surface area contributed by atoms with Gasteiger partial charge in [-0.15, -0.1) is 0 Å². The van der Waals surface area contributed by atoms with Crippen LogP contribution in [0.15, 0.2) is 181 Å². The molecule has 0 bridgehead atoms. The maximum atomic E-state index is 6.54. The molecule has 0 spiro atoms. The van der Waals surface area contributed by atoms with Crippen molar-refractivity contribution in [3.8, 4) is 45.5 Å². The molecule has 0 unspecified atom stereocenters. The molecule has 8 heteroatoms. The van der Waals surface area contributed by atoms with Crippen LogP contribution in [0.5, 0.6) is 0 Å². The highest BCUT2D eigenvalue weighted by molar-refractivity contribution is 6.19. The van der Waals surface area contributed by atoms with E-state index in [1.54, 1.807) is 0 Å². The van der Waals surface area contributed by atoms with Crippen molar-refractivity contribution in [3.63, 3.8) is 0 Å². The van der Waals surface area contributed by atoms with Crippen molar-refractivity contribution in [2.45, 2.75) is 0 Å². The molecule has 0 radical (unpaired) electrons. The maximum absolute atomic E-state index is 6.54. The average Bonchev–Trinajstić information content (AvgIpc) is 3.93. The topological polar surface area (TPSA) is 87.5 Å². The molecule has 6 heterocycles. The van der Waals surface area contributed by atoms with E-state index < -0.39 is 0 Å². The van der Waals surface area contributed by atoms with Crippen LogP contribution in [0, 0.1) is 0 Å². The molecule has 12 rings (SSSR count). The Bertz CT molecular complexity index is 3460. The number of para-hydroxylation sites is 1. The molecular formula is C49H29N7O. The third kappa shape index (κ3) is 4.84. The Morgan fingerprint density at radius 3 is 1.56 bits per heavy atom. The molecule has 0 saturated carbocycles. The van der Waals surface area contributed by atoms with Crippen LogP contribution in [-0.2, 0) is 0 Å². The Labute approximate surface area is 325 Å². The van der Waals surface area contributed by atoms with Gasteiger partial charge in [0.1, 0.15) is 11.2 Å². The van der Waals surface area contributed by atoms with Gasteiger partial charge in [-0.3, -0.25) is 9.97 Å². The number of furan rings is 1. The zero-order chi connectivity index (χ0) is 37.5. The van der Waals surface area contributed by atoms with Crippen LogP contribution in [0.4, 0.5) is 0 Å². The van der Waals surface area contributed by atoms with Crippen molar-refractivity contribution in [2.75, 3.05) is 0 Å². The number of fused-ring (bicyclic) bond motifs is 9. The monoisotopic (exact) mass is 731 g/mol. The van der Waals surface area contributed by atoms with Gasteiger partial charge < -0.3 is 13.6 Å². The summed E-state index contributed by atoms with van der Waals surface area (Å²) in [6, 6.07) is 51.9. The van der Waals surface area contributed by atoms with Gasteiger partial charge in [-0.25, -0.2) is 15.0 Å². The third-order valence-electron chi connectivity index (χ3n) is 10.9. The predicted molar refractivity (Wildman–Crippen MR) is 228 cm³/mol. The van der Waals surface area contributed by atoms with E-state index in [1.165, 1.54) is 0 Å². The van der Waals surface area contributed by atoms with Crippen LogP contribution < -0.4 is 0 Å². The van der Waals surface area contributed by atoms with Crippen LogP contribution in [-0.4, -0.2) is 34.1 Å². The summed E-state index contributed by atoms with van der Waals surface area (Å²) < 4.78 is 11.2. The molecule has 57 heavy (non-hydrogen) atoms. The highest BCUT2D eigenvalue weighted by atomic mass is 16.3. The fourth-order valence-corrected chi connectivity index (χ4v) is 8.42. The minimum absolute atomic E-state index is 0.579. The molecule has 0 aliphatic heterocycles. The second-order valence-corrected chi connectivity index (χ2v) is 14.2. The summed E-state index contributed by atoms with van der Waals surface area (Å²) in [6.07, 6.45) is 7.66. The minimum Gasteiger partial charge on any atom is -0.456 e. The molecular weight excluding hydrogens is 703 g/mol. The lowest BCUT2D eigenvalue weighted by Gasteiger charge is -2.10. The van der Waals surface area contributed by atoms with Crippen LogP contribution >= 0.6 is 0 Å². The fraction of sp³-hybridized carbons (Fsp3) is 0. The first-order valence-corrected chi connectivity index (χ1v) is 18.8. The number of hydrogen-bond acceptors (Lipinski definition) is 6. The second kappa shape index (κ2) is 12.3. The van der Waals surface area contributed by atoms with Crippen molar-refractivity contribution in [1.29, 1.82) is 0 Å². The lowest BCUT2D eigenvalue weighted by Crippen LogP contribution is -2.00. The molecule has 0 aliphatic rings.